The average Bonchev–Trinajstić information content (AvgIpc) is 2.40. The van der Waals surface area contributed by atoms with Crippen LogP contribution in [-0.4, -0.2) is 44.5 Å². The summed E-state index contributed by atoms with van der Waals surface area (Å²) in [6.45, 7) is 2.10. The van der Waals surface area contributed by atoms with Gasteiger partial charge < -0.3 is 19.9 Å². The van der Waals surface area contributed by atoms with Gasteiger partial charge in [0.2, 0.25) is 5.91 Å². The molecule has 106 valence electrons. The van der Waals surface area contributed by atoms with Gasteiger partial charge >= 0.3 is 0 Å². The van der Waals surface area contributed by atoms with Gasteiger partial charge in [-0.15, -0.1) is 0 Å². The number of carbonyl (C=O) groups excluding carboxylic acids is 1. The molecule has 0 aromatic heterocycles. The summed E-state index contributed by atoms with van der Waals surface area (Å²) in [6.07, 6.45) is 0.247. The van der Waals surface area contributed by atoms with E-state index >= 15 is 0 Å². The number of hydrogen-bond acceptors (Lipinski definition) is 4. The highest BCUT2D eigenvalue weighted by atomic mass is 16.5. The first-order valence-electron chi connectivity index (χ1n) is 6.13. The van der Waals surface area contributed by atoms with Crippen molar-refractivity contribution in [3.05, 3.63) is 29.3 Å². The van der Waals surface area contributed by atoms with Crippen molar-refractivity contribution in [1.29, 1.82) is 0 Å². The lowest BCUT2D eigenvalue weighted by Gasteiger charge is -2.15. The molecule has 19 heavy (non-hydrogen) atoms. The van der Waals surface area contributed by atoms with Crippen LogP contribution in [0.5, 0.6) is 5.75 Å². The Kier molecular flexibility index (Phi) is 6.32. The molecule has 1 aromatic rings. The molecule has 5 nitrogen and oxygen atoms in total. The van der Waals surface area contributed by atoms with Crippen molar-refractivity contribution < 1.29 is 19.4 Å². The van der Waals surface area contributed by atoms with Gasteiger partial charge in [-0.25, -0.2) is 0 Å². The third-order valence-corrected chi connectivity index (χ3v) is 2.79. The predicted octanol–water partition coefficient (Wildman–Crippen LogP) is 0.670. The van der Waals surface area contributed by atoms with E-state index < -0.39 is 0 Å². The normalized spacial score (nSPS) is 12.0. The average molecular weight is 267 g/mol. The highest BCUT2D eigenvalue weighted by molar-refractivity contribution is 5.79. The molecule has 1 unspecified atom stereocenters. The Labute approximate surface area is 113 Å². The summed E-state index contributed by atoms with van der Waals surface area (Å²) in [6, 6.07) is 5.28. The van der Waals surface area contributed by atoms with Crippen molar-refractivity contribution in [2.45, 2.75) is 19.4 Å². The Bertz CT molecular complexity index is 420. The van der Waals surface area contributed by atoms with Crippen LogP contribution in [0.25, 0.3) is 0 Å². The predicted molar refractivity (Wildman–Crippen MR) is 72.3 cm³/mol. The zero-order valence-corrected chi connectivity index (χ0v) is 11.6. The number of nitrogens with one attached hydrogen (secondary N) is 1. The lowest BCUT2D eigenvalue weighted by atomic mass is 10.1. The molecule has 1 amide bonds. The van der Waals surface area contributed by atoms with E-state index in [2.05, 4.69) is 5.32 Å². The Hall–Kier alpha value is -1.59. The maximum Gasteiger partial charge on any atom is 0.224 e. The molecule has 0 saturated heterocycles. The van der Waals surface area contributed by atoms with Gasteiger partial charge in [-0.3, -0.25) is 4.79 Å². The van der Waals surface area contributed by atoms with Crippen molar-refractivity contribution in [1.82, 2.24) is 5.32 Å². The van der Waals surface area contributed by atoms with Crippen LogP contribution in [0.15, 0.2) is 18.2 Å². The quantitative estimate of drug-likeness (QED) is 0.762. The van der Waals surface area contributed by atoms with E-state index in [-0.39, 0.29) is 25.0 Å². The van der Waals surface area contributed by atoms with Crippen molar-refractivity contribution in [3.63, 3.8) is 0 Å². The van der Waals surface area contributed by atoms with E-state index in [0.29, 0.717) is 6.61 Å². The van der Waals surface area contributed by atoms with E-state index in [1.54, 1.807) is 7.11 Å². The van der Waals surface area contributed by atoms with E-state index in [4.69, 9.17) is 14.6 Å². The molecule has 1 aromatic carbocycles. The number of rotatable bonds is 7. The van der Waals surface area contributed by atoms with Crippen molar-refractivity contribution >= 4 is 5.91 Å². The third-order valence-electron chi connectivity index (χ3n) is 2.79. The molecule has 0 radical (unpaired) electrons. The first-order valence-corrected chi connectivity index (χ1v) is 6.13. The molecule has 0 spiro atoms. The second-order valence-corrected chi connectivity index (χ2v) is 4.38. The molecule has 0 bridgehead atoms. The number of benzene rings is 1. The second-order valence-electron chi connectivity index (χ2n) is 4.38. The number of carbonyl (C=O) groups is 1. The van der Waals surface area contributed by atoms with Gasteiger partial charge in [-0.2, -0.15) is 0 Å². The molecular weight excluding hydrogens is 246 g/mol. The molecule has 0 saturated carbocycles. The Morgan fingerprint density at radius 3 is 2.74 bits per heavy atom. The molecule has 0 aliphatic heterocycles. The van der Waals surface area contributed by atoms with Crippen molar-refractivity contribution in [2.24, 2.45) is 0 Å². The first kappa shape index (κ1) is 15.5. The minimum atomic E-state index is -0.371. The summed E-state index contributed by atoms with van der Waals surface area (Å²) >= 11 is 0. The number of hydrogen-bond donors (Lipinski definition) is 2. The molecule has 2 N–H and O–H groups in total. The number of methoxy groups -OCH3 is 2. The van der Waals surface area contributed by atoms with Gasteiger partial charge in [-0.05, 0) is 24.1 Å². The maximum atomic E-state index is 11.8. The molecule has 5 heteroatoms. The minimum absolute atomic E-state index is 0.142. The summed E-state index contributed by atoms with van der Waals surface area (Å²) in [4.78, 5) is 11.8. The van der Waals surface area contributed by atoms with Gasteiger partial charge in [0.05, 0.1) is 32.8 Å². The first-order chi connectivity index (χ1) is 9.10. The van der Waals surface area contributed by atoms with Crippen LogP contribution < -0.4 is 10.1 Å². The lowest BCUT2D eigenvalue weighted by molar-refractivity contribution is -0.121. The zero-order valence-electron chi connectivity index (χ0n) is 11.6. The fraction of sp³-hybridized carbons (Fsp3) is 0.500. The molecule has 1 rings (SSSR count). The molecule has 0 fully saturated rings. The van der Waals surface area contributed by atoms with Crippen LogP contribution in [0.4, 0.5) is 0 Å². The van der Waals surface area contributed by atoms with Crippen LogP contribution in [0, 0.1) is 6.92 Å². The fourth-order valence-corrected chi connectivity index (χ4v) is 1.78. The van der Waals surface area contributed by atoms with Crippen molar-refractivity contribution in [3.8, 4) is 5.75 Å². The van der Waals surface area contributed by atoms with Gasteiger partial charge in [0.15, 0.2) is 0 Å². The second kappa shape index (κ2) is 7.76. The van der Waals surface area contributed by atoms with Crippen LogP contribution in [0.1, 0.15) is 11.1 Å². The Balaban J connectivity index is 2.61. The molecule has 0 aliphatic carbocycles. The van der Waals surface area contributed by atoms with E-state index in [0.717, 1.165) is 16.9 Å². The number of amides is 1. The van der Waals surface area contributed by atoms with E-state index in [9.17, 15) is 4.79 Å². The topological polar surface area (TPSA) is 67.8 Å². The van der Waals surface area contributed by atoms with Crippen LogP contribution in [-0.2, 0) is 16.0 Å². The lowest BCUT2D eigenvalue weighted by Crippen LogP contribution is -2.41. The maximum absolute atomic E-state index is 11.8. The number of aliphatic hydroxyl groups excluding tert-OH is 1. The standard InChI is InChI=1S/C14H21NO4/c1-10-4-5-11(6-13(10)19-3)7-14(17)15-12(8-16)9-18-2/h4-6,12,16H,7-9H2,1-3H3,(H,15,17). The van der Waals surface area contributed by atoms with Gasteiger partial charge in [-0.1, -0.05) is 12.1 Å². The minimum Gasteiger partial charge on any atom is -0.496 e. The molecular formula is C14H21NO4. The summed E-state index contributed by atoms with van der Waals surface area (Å²) in [5.41, 5.74) is 1.90. The van der Waals surface area contributed by atoms with Gasteiger partial charge in [0.1, 0.15) is 5.75 Å². The fourth-order valence-electron chi connectivity index (χ4n) is 1.78. The van der Waals surface area contributed by atoms with Crippen LogP contribution in [0.3, 0.4) is 0 Å². The smallest absolute Gasteiger partial charge is 0.224 e. The number of ether oxygens (including phenoxy) is 2. The van der Waals surface area contributed by atoms with Gasteiger partial charge in [0, 0.05) is 7.11 Å². The molecule has 1 atom stereocenters. The molecule has 0 heterocycles. The Morgan fingerprint density at radius 1 is 1.42 bits per heavy atom. The zero-order chi connectivity index (χ0) is 14.3. The number of aliphatic hydroxyl groups is 1. The van der Waals surface area contributed by atoms with E-state index in [1.807, 2.05) is 25.1 Å². The van der Waals surface area contributed by atoms with Crippen LogP contribution in [0.2, 0.25) is 0 Å². The van der Waals surface area contributed by atoms with Crippen molar-refractivity contribution in [2.75, 3.05) is 27.4 Å². The number of aryl methyl sites for hydroxylation is 1. The van der Waals surface area contributed by atoms with Crippen LogP contribution >= 0.6 is 0 Å². The Morgan fingerprint density at radius 2 is 2.16 bits per heavy atom. The highest BCUT2D eigenvalue weighted by Gasteiger charge is 2.12. The largest absolute Gasteiger partial charge is 0.496 e. The highest BCUT2D eigenvalue weighted by Crippen LogP contribution is 2.19. The van der Waals surface area contributed by atoms with Gasteiger partial charge in [0.25, 0.3) is 0 Å². The summed E-state index contributed by atoms with van der Waals surface area (Å²) < 4.78 is 10.1. The summed E-state index contributed by atoms with van der Waals surface area (Å²) in [7, 11) is 3.13. The SMILES string of the molecule is COCC(CO)NC(=O)Cc1ccc(C)c(OC)c1. The van der Waals surface area contributed by atoms with E-state index in [1.165, 1.54) is 7.11 Å². The monoisotopic (exact) mass is 267 g/mol. The molecule has 0 aliphatic rings. The third kappa shape index (κ3) is 4.89. The summed E-state index contributed by atoms with van der Waals surface area (Å²) in [5, 5.41) is 11.8. The summed E-state index contributed by atoms with van der Waals surface area (Å²) in [5.74, 6) is 0.614.